The number of nitrogens with zero attached hydrogens (tertiary/aromatic N) is 1. The summed E-state index contributed by atoms with van der Waals surface area (Å²) < 4.78 is 47.3. The molecule has 0 aliphatic heterocycles. The first-order valence-electron chi connectivity index (χ1n) is 8.59. The first-order chi connectivity index (χ1) is 14.1. The van der Waals surface area contributed by atoms with Crippen molar-refractivity contribution in [2.45, 2.75) is 17.7 Å². The zero-order valence-corrected chi connectivity index (χ0v) is 19.1. The maximum absolute atomic E-state index is 13.3. The van der Waals surface area contributed by atoms with E-state index in [0.717, 1.165) is 11.4 Å². The van der Waals surface area contributed by atoms with E-state index in [9.17, 15) is 18.0 Å². The molecule has 0 unspecified atom stereocenters. The molecule has 0 spiro atoms. The van der Waals surface area contributed by atoms with E-state index < -0.39 is 22.0 Å². The molecule has 0 atom stereocenters. The summed E-state index contributed by atoms with van der Waals surface area (Å²) in [5, 5.41) is 0. The summed E-state index contributed by atoms with van der Waals surface area (Å²) in [5.41, 5.74) is 0.592. The second kappa shape index (κ2) is 9.45. The molecule has 1 aromatic carbocycles. The first-order valence-corrected chi connectivity index (χ1v) is 10.8. The fourth-order valence-corrected chi connectivity index (χ4v) is 5.83. The summed E-state index contributed by atoms with van der Waals surface area (Å²) in [7, 11) is 2.51. The molecule has 1 heterocycles. The Hall–Kier alpha value is -2.63. The van der Waals surface area contributed by atoms with E-state index in [4.69, 9.17) is 18.9 Å². The molecule has 0 aliphatic carbocycles. The summed E-state index contributed by atoms with van der Waals surface area (Å²) in [6, 6.07) is 5.01. The number of rotatable bonds is 8. The third-order valence-electron chi connectivity index (χ3n) is 4.41. The number of methoxy groups -OCH3 is 4. The quantitative estimate of drug-likeness (QED) is 0.556. The molecular formula is C19H23NO8S2. The molecule has 0 bridgehead atoms. The van der Waals surface area contributed by atoms with E-state index in [1.807, 2.05) is 0 Å². The average molecular weight is 458 g/mol. The van der Waals surface area contributed by atoms with Gasteiger partial charge in [0.15, 0.2) is 4.21 Å². The van der Waals surface area contributed by atoms with Crippen molar-refractivity contribution in [3.05, 3.63) is 39.8 Å². The van der Waals surface area contributed by atoms with Crippen molar-refractivity contribution >= 4 is 33.3 Å². The van der Waals surface area contributed by atoms with Gasteiger partial charge in [0.2, 0.25) is 0 Å². The lowest BCUT2D eigenvalue weighted by Gasteiger charge is -2.19. The monoisotopic (exact) mass is 457 g/mol. The molecule has 0 fully saturated rings. The molecule has 0 amide bonds. The van der Waals surface area contributed by atoms with Crippen molar-refractivity contribution in [1.82, 2.24) is 4.31 Å². The van der Waals surface area contributed by atoms with Crippen LogP contribution in [0.2, 0.25) is 0 Å². The van der Waals surface area contributed by atoms with Crippen molar-refractivity contribution in [1.29, 1.82) is 0 Å². The zero-order chi connectivity index (χ0) is 22.6. The molecule has 2 aromatic rings. The third-order valence-corrected chi connectivity index (χ3v) is 7.98. The molecule has 0 N–H and O–H groups in total. The van der Waals surface area contributed by atoms with Crippen LogP contribution < -0.4 is 9.47 Å². The molecule has 0 aliphatic rings. The van der Waals surface area contributed by atoms with Gasteiger partial charge in [-0.1, -0.05) is 6.07 Å². The van der Waals surface area contributed by atoms with Gasteiger partial charge in [0.25, 0.3) is 10.0 Å². The van der Waals surface area contributed by atoms with Gasteiger partial charge in [-0.2, -0.15) is 4.31 Å². The summed E-state index contributed by atoms with van der Waals surface area (Å²) in [6.07, 6.45) is 0. The Kier molecular flexibility index (Phi) is 7.45. The Labute approximate surface area is 179 Å². The van der Waals surface area contributed by atoms with E-state index in [1.54, 1.807) is 18.2 Å². The van der Waals surface area contributed by atoms with E-state index in [2.05, 4.69) is 0 Å². The van der Waals surface area contributed by atoms with Gasteiger partial charge >= 0.3 is 11.9 Å². The van der Waals surface area contributed by atoms with Crippen LogP contribution in [0, 0.1) is 6.92 Å². The second-order valence-corrected chi connectivity index (χ2v) is 9.40. The number of sulfonamides is 1. The molecule has 11 heteroatoms. The number of carbonyl (C=O) groups is 2. The van der Waals surface area contributed by atoms with Crippen molar-refractivity contribution in [3.63, 3.8) is 0 Å². The van der Waals surface area contributed by atoms with E-state index >= 15 is 0 Å². The van der Waals surface area contributed by atoms with Gasteiger partial charge in [0.05, 0.1) is 34.0 Å². The summed E-state index contributed by atoms with van der Waals surface area (Å²) in [6.45, 7) is 1.43. The normalized spacial score (nSPS) is 11.3. The van der Waals surface area contributed by atoms with Crippen LogP contribution in [0.3, 0.4) is 0 Å². The van der Waals surface area contributed by atoms with Crippen molar-refractivity contribution < 1.29 is 37.0 Å². The lowest BCUT2D eigenvalue weighted by molar-refractivity contribution is 0.0596. The highest BCUT2D eigenvalue weighted by Gasteiger charge is 2.35. The maximum atomic E-state index is 13.3. The first kappa shape index (κ1) is 23.6. The van der Waals surface area contributed by atoms with Gasteiger partial charge in [0.1, 0.15) is 16.4 Å². The number of carbonyl (C=O) groups excluding carboxylic acids is 2. The Morgan fingerprint density at radius 2 is 1.67 bits per heavy atom. The Morgan fingerprint density at radius 3 is 2.20 bits per heavy atom. The topological polar surface area (TPSA) is 108 Å². The lowest BCUT2D eigenvalue weighted by atomic mass is 10.2. The van der Waals surface area contributed by atoms with Gasteiger partial charge in [-0.15, -0.1) is 11.3 Å². The number of ether oxygens (including phenoxy) is 4. The Balaban J connectivity index is 2.53. The van der Waals surface area contributed by atoms with Crippen molar-refractivity contribution in [3.8, 4) is 11.5 Å². The van der Waals surface area contributed by atoms with Gasteiger partial charge in [-0.05, 0) is 18.6 Å². The minimum atomic E-state index is -4.15. The van der Waals surface area contributed by atoms with Crippen LogP contribution in [0.1, 0.15) is 31.2 Å². The third kappa shape index (κ3) is 4.42. The SMILES string of the molecule is COC(=O)c1sc(S(=O)(=O)N(C)Cc2ccc(OC)cc2OC)c(C(=O)OC)c1C. The van der Waals surface area contributed by atoms with Crippen LogP contribution in [-0.2, 0) is 26.0 Å². The van der Waals surface area contributed by atoms with Gasteiger partial charge in [0, 0.05) is 25.2 Å². The highest BCUT2D eigenvalue weighted by atomic mass is 32.2. The van der Waals surface area contributed by atoms with E-state index in [0.29, 0.717) is 28.4 Å². The summed E-state index contributed by atoms with van der Waals surface area (Å²) in [5.74, 6) is -0.579. The fraction of sp³-hybridized carbons (Fsp3) is 0.368. The minimum Gasteiger partial charge on any atom is -0.497 e. The number of thiophene rings is 1. The van der Waals surface area contributed by atoms with Crippen molar-refractivity contribution in [2.24, 2.45) is 0 Å². The molecule has 30 heavy (non-hydrogen) atoms. The van der Waals surface area contributed by atoms with Crippen LogP contribution in [-0.4, -0.2) is 60.1 Å². The van der Waals surface area contributed by atoms with E-state index in [-0.39, 0.29) is 26.8 Å². The Morgan fingerprint density at radius 1 is 1.03 bits per heavy atom. The van der Waals surface area contributed by atoms with E-state index in [1.165, 1.54) is 35.3 Å². The van der Waals surface area contributed by atoms with Gasteiger partial charge in [-0.25, -0.2) is 18.0 Å². The largest absolute Gasteiger partial charge is 0.497 e. The second-order valence-electron chi connectivity index (χ2n) is 6.14. The van der Waals surface area contributed by atoms with Crippen LogP contribution in [0.15, 0.2) is 22.4 Å². The van der Waals surface area contributed by atoms with Crippen molar-refractivity contribution in [2.75, 3.05) is 35.5 Å². The van der Waals surface area contributed by atoms with Crippen LogP contribution in [0.4, 0.5) is 0 Å². The number of hydrogen-bond acceptors (Lipinski definition) is 9. The zero-order valence-electron chi connectivity index (χ0n) is 17.5. The average Bonchev–Trinajstić information content (AvgIpc) is 3.10. The van der Waals surface area contributed by atoms with Gasteiger partial charge in [-0.3, -0.25) is 0 Å². The smallest absolute Gasteiger partial charge is 0.348 e. The highest BCUT2D eigenvalue weighted by molar-refractivity contribution is 7.91. The molecular weight excluding hydrogens is 434 g/mol. The van der Waals surface area contributed by atoms with Crippen LogP contribution in [0.5, 0.6) is 11.5 Å². The minimum absolute atomic E-state index is 0.0203. The summed E-state index contributed by atoms with van der Waals surface area (Å²) in [4.78, 5) is 24.4. The standard InChI is InChI=1S/C19H23NO8S2/c1-11-15(17(21)27-5)19(29-16(11)18(22)28-6)30(23,24)20(2)10-12-7-8-13(25-3)9-14(12)26-4/h7-9H,10H2,1-6H3. The molecule has 0 saturated carbocycles. The molecule has 0 saturated heterocycles. The molecule has 1 aromatic heterocycles. The molecule has 164 valence electrons. The Bertz CT molecular complexity index is 1060. The molecule has 0 radical (unpaired) electrons. The fourth-order valence-electron chi connectivity index (χ4n) is 2.74. The summed E-state index contributed by atoms with van der Waals surface area (Å²) >= 11 is 0.668. The number of hydrogen-bond donors (Lipinski definition) is 0. The van der Waals surface area contributed by atoms with Crippen LogP contribution in [0.25, 0.3) is 0 Å². The van der Waals surface area contributed by atoms with Gasteiger partial charge < -0.3 is 18.9 Å². The lowest BCUT2D eigenvalue weighted by Crippen LogP contribution is -2.27. The molecule has 9 nitrogen and oxygen atoms in total. The van der Waals surface area contributed by atoms with Crippen LogP contribution >= 0.6 is 11.3 Å². The maximum Gasteiger partial charge on any atom is 0.348 e. The predicted molar refractivity (Wildman–Crippen MR) is 110 cm³/mol. The predicted octanol–water partition coefficient (Wildman–Crippen LogP) is 2.47. The number of benzene rings is 1. The highest BCUT2D eigenvalue weighted by Crippen LogP contribution is 2.35. The molecule has 2 rings (SSSR count). The number of esters is 2.